The molecule has 1 amide bonds. The van der Waals surface area contributed by atoms with E-state index in [-0.39, 0.29) is 11.5 Å². The number of benzene rings is 1. The number of ether oxygens (including phenoxy) is 1. The number of likely N-dealkylation sites (tertiary alicyclic amines) is 1. The maximum atomic E-state index is 13.2. The average Bonchev–Trinajstić information content (AvgIpc) is 2.86. The van der Waals surface area contributed by atoms with E-state index in [1.54, 1.807) is 4.90 Å². The van der Waals surface area contributed by atoms with Crippen LogP contribution in [-0.2, 0) is 0 Å². The zero-order valence-electron chi connectivity index (χ0n) is 10.4. The molecule has 98 valence electrons. The maximum Gasteiger partial charge on any atom is 0.257 e. The van der Waals surface area contributed by atoms with Crippen molar-refractivity contribution in [2.75, 3.05) is 26.7 Å². The molecule has 0 aliphatic carbocycles. The van der Waals surface area contributed by atoms with E-state index in [9.17, 15) is 9.18 Å². The van der Waals surface area contributed by atoms with Crippen molar-refractivity contribution in [1.82, 2.24) is 4.90 Å². The Morgan fingerprint density at radius 2 is 2.39 bits per heavy atom. The zero-order chi connectivity index (χ0) is 13.1. The normalized spacial score (nSPS) is 19.1. The molecule has 5 heteroatoms. The van der Waals surface area contributed by atoms with Crippen LogP contribution in [0.5, 0.6) is 5.75 Å². The van der Waals surface area contributed by atoms with E-state index in [4.69, 9.17) is 10.5 Å². The minimum Gasteiger partial charge on any atom is -0.496 e. The van der Waals surface area contributed by atoms with E-state index in [1.807, 2.05) is 0 Å². The first-order valence-corrected chi connectivity index (χ1v) is 5.98. The van der Waals surface area contributed by atoms with Gasteiger partial charge in [0.15, 0.2) is 0 Å². The summed E-state index contributed by atoms with van der Waals surface area (Å²) in [6.07, 6.45) is 0.903. The predicted octanol–water partition coefficient (Wildman–Crippen LogP) is 1.26. The van der Waals surface area contributed by atoms with Gasteiger partial charge in [0.1, 0.15) is 11.6 Å². The van der Waals surface area contributed by atoms with Crippen molar-refractivity contribution in [3.05, 3.63) is 29.6 Å². The molecule has 1 aromatic rings. The average molecular weight is 252 g/mol. The summed E-state index contributed by atoms with van der Waals surface area (Å²) in [7, 11) is 1.47. The second kappa shape index (κ2) is 5.35. The number of methoxy groups -OCH3 is 1. The minimum absolute atomic E-state index is 0.192. The smallest absolute Gasteiger partial charge is 0.257 e. The van der Waals surface area contributed by atoms with Crippen LogP contribution >= 0.6 is 0 Å². The molecule has 1 aromatic carbocycles. The maximum absolute atomic E-state index is 13.2. The molecule has 2 N–H and O–H groups in total. The Morgan fingerprint density at radius 3 is 3.00 bits per heavy atom. The molecular formula is C13H17FN2O2. The lowest BCUT2D eigenvalue weighted by Crippen LogP contribution is -2.30. The Bertz CT molecular complexity index is 451. The molecule has 0 aromatic heterocycles. The highest BCUT2D eigenvalue weighted by molar-refractivity contribution is 5.97. The van der Waals surface area contributed by atoms with Gasteiger partial charge >= 0.3 is 0 Å². The van der Waals surface area contributed by atoms with Crippen LogP contribution < -0.4 is 10.5 Å². The summed E-state index contributed by atoms with van der Waals surface area (Å²) in [6.45, 7) is 1.87. The molecule has 0 bridgehead atoms. The van der Waals surface area contributed by atoms with Gasteiger partial charge in [0, 0.05) is 13.1 Å². The molecule has 0 radical (unpaired) electrons. The molecule has 1 heterocycles. The molecule has 1 saturated heterocycles. The molecular weight excluding hydrogens is 235 g/mol. The Labute approximate surface area is 106 Å². The molecule has 1 aliphatic heterocycles. The van der Waals surface area contributed by atoms with Gasteiger partial charge < -0.3 is 15.4 Å². The van der Waals surface area contributed by atoms with Gasteiger partial charge in [-0.25, -0.2) is 4.39 Å². The van der Waals surface area contributed by atoms with Crippen LogP contribution in [0.4, 0.5) is 4.39 Å². The van der Waals surface area contributed by atoms with E-state index in [0.29, 0.717) is 31.3 Å². The number of amides is 1. The predicted molar refractivity (Wildman–Crippen MR) is 66.0 cm³/mol. The molecule has 18 heavy (non-hydrogen) atoms. The van der Waals surface area contributed by atoms with Gasteiger partial charge in [0.05, 0.1) is 12.7 Å². The Kier molecular flexibility index (Phi) is 3.81. The molecule has 0 saturated carbocycles. The molecule has 0 spiro atoms. The number of hydrogen-bond acceptors (Lipinski definition) is 3. The fourth-order valence-corrected chi connectivity index (χ4v) is 2.23. The van der Waals surface area contributed by atoms with Crippen LogP contribution in [0, 0.1) is 11.7 Å². The third kappa shape index (κ3) is 2.46. The van der Waals surface area contributed by atoms with Crippen LogP contribution in [0.25, 0.3) is 0 Å². The van der Waals surface area contributed by atoms with Crippen molar-refractivity contribution in [3.8, 4) is 5.75 Å². The first kappa shape index (κ1) is 12.8. The highest BCUT2D eigenvalue weighted by Gasteiger charge is 2.27. The number of carbonyl (C=O) groups excluding carboxylic acids is 1. The van der Waals surface area contributed by atoms with E-state index < -0.39 is 5.82 Å². The summed E-state index contributed by atoms with van der Waals surface area (Å²) in [5, 5.41) is 0. The summed E-state index contributed by atoms with van der Waals surface area (Å²) >= 11 is 0. The van der Waals surface area contributed by atoms with Crippen LogP contribution in [0.3, 0.4) is 0 Å². The third-order valence-electron chi connectivity index (χ3n) is 3.30. The van der Waals surface area contributed by atoms with Crippen molar-refractivity contribution in [1.29, 1.82) is 0 Å². The molecule has 2 rings (SSSR count). The molecule has 1 unspecified atom stereocenters. The molecule has 1 aliphatic rings. The number of halogens is 1. The fourth-order valence-electron chi connectivity index (χ4n) is 2.23. The Hall–Kier alpha value is -1.62. The summed E-state index contributed by atoms with van der Waals surface area (Å²) in [5.74, 6) is 0.113. The van der Waals surface area contributed by atoms with Gasteiger partial charge in [-0.1, -0.05) is 0 Å². The third-order valence-corrected chi connectivity index (χ3v) is 3.30. The van der Waals surface area contributed by atoms with Gasteiger partial charge in [-0.15, -0.1) is 0 Å². The van der Waals surface area contributed by atoms with E-state index in [1.165, 1.54) is 25.3 Å². The quantitative estimate of drug-likeness (QED) is 0.881. The monoisotopic (exact) mass is 252 g/mol. The lowest BCUT2D eigenvalue weighted by atomic mass is 10.1. The van der Waals surface area contributed by atoms with Gasteiger partial charge in [-0.3, -0.25) is 4.79 Å². The molecule has 1 fully saturated rings. The number of rotatable bonds is 3. The number of carbonyl (C=O) groups is 1. The van der Waals surface area contributed by atoms with E-state index >= 15 is 0 Å². The number of hydrogen-bond donors (Lipinski definition) is 1. The van der Waals surface area contributed by atoms with Crippen molar-refractivity contribution in [2.45, 2.75) is 6.42 Å². The van der Waals surface area contributed by atoms with Gasteiger partial charge in [-0.2, -0.15) is 0 Å². The summed E-state index contributed by atoms with van der Waals surface area (Å²) in [5.41, 5.74) is 5.87. The van der Waals surface area contributed by atoms with Crippen LogP contribution in [0.15, 0.2) is 18.2 Å². The first-order valence-electron chi connectivity index (χ1n) is 5.98. The largest absolute Gasteiger partial charge is 0.496 e. The highest BCUT2D eigenvalue weighted by Crippen LogP contribution is 2.24. The van der Waals surface area contributed by atoms with Gasteiger partial charge in [0.25, 0.3) is 5.91 Å². The first-order chi connectivity index (χ1) is 8.65. The number of nitrogens with two attached hydrogens (primary N) is 1. The van der Waals surface area contributed by atoms with Crippen LogP contribution in [0.1, 0.15) is 16.8 Å². The molecule has 1 atom stereocenters. The topological polar surface area (TPSA) is 55.6 Å². The fraction of sp³-hybridized carbons (Fsp3) is 0.462. The summed E-state index contributed by atoms with van der Waals surface area (Å²) < 4.78 is 18.3. The summed E-state index contributed by atoms with van der Waals surface area (Å²) in [4.78, 5) is 14.0. The van der Waals surface area contributed by atoms with E-state index in [2.05, 4.69) is 0 Å². The minimum atomic E-state index is -0.436. The van der Waals surface area contributed by atoms with Crippen LogP contribution in [0.2, 0.25) is 0 Å². The second-order valence-corrected chi connectivity index (χ2v) is 4.49. The summed E-state index contributed by atoms with van der Waals surface area (Å²) in [6, 6.07) is 3.97. The Morgan fingerprint density at radius 1 is 1.61 bits per heavy atom. The molecule has 4 nitrogen and oxygen atoms in total. The SMILES string of the molecule is COc1ccc(F)cc1C(=O)N1CCC(CN)C1. The van der Waals surface area contributed by atoms with E-state index in [0.717, 1.165) is 6.42 Å². The zero-order valence-corrected chi connectivity index (χ0v) is 10.4. The van der Waals surface area contributed by atoms with Crippen molar-refractivity contribution in [2.24, 2.45) is 11.7 Å². The van der Waals surface area contributed by atoms with Crippen molar-refractivity contribution >= 4 is 5.91 Å². The highest BCUT2D eigenvalue weighted by atomic mass is 19.1. The van der Waals surface area contributed by atoms with Crippen molar-refractivity contribution in [3.63, 3.8) is 0 Å². The van der Waals surface area contributed by atoms with Gasteiger partial charge in [0.2, 0.25) is 0 Å². The lowest BCUT2D eigenvalue weighted by molar-refractivity contribution is 0.0783. The number of nitrogens with zero attached hydrogens (tertiary/aromatic N) is 1. The lowest BCUT2D eigenvalue weighted by Gasteiger charge is -2.18. The Balaban J connectivity index is 2.21. The van der Waals surface area contributed by atoms with Gasteiger partial charge in [-0.05, 0) is 37.1 Å². The standard InChI is InChI=1S/C13H17FN2O2/c1-18-12-3-2-10(14)6-11(12)13(17)16-5-4-9(7-15)8-16/h2-3,6,9H,4-5,7-8,15H2,1H3. The van der Waals surface area contributed by atoms with Crippen LogP contribution in [-0.4, -0.2) is 37.6 Å². The van der Waals surface area contributed by atoms with Crippen molar-refractivity contribution < 1.29 is 13.9 Å². The second-order valence-electron chi connectivity index (χ2n) is 4.49.